The fraction of sp³-hybridized carbons (Fsp3) is 1.00. The normalized spacial score (nSPS) is 12.0. The summed E-state index contributed by atoms with van der Waals surface area (Å²) in [7, 11) is 0. The fourth-order valence-corrected chi connectivity index (χ4v) is 6.00. The summed E-state index contributed by atoms with van der Waals surface area (Å²) in [4.78, 5) is 0. The summed E-state index contributed by atoms with van der Waals surface area (Å²) in [5.41, 5.74) is 0. The second-order valence-corrected chi connectivity index (χ2v) is 22.0. The van der Waals surface area contributed by atoms with E-state index < -0.39 is 3.31 Å². The van der Waals surface area contributed by atoms with E-state index in [0.717, 1.165) is 13.0 Å². The molecule has 0 rings (SSSR count). The molecule has 0 aliphatic carbocycles. The largest absolute Gasteiger partial charge is 0.400 e. The summed E-state index contributed by atoms with van der Waals surface area (Å²) in [6.07, 6.45) is 6.59. The van der Waals surface area contributed by atoms with Crippen molar-refractivity contribution in [2.24, 2.45) is 0 Å². The Morgan fingerprint density at radius 1 is 1.00 bits per heavy atom. The van der Waals surface area contributed by atoms with Crippen LogP contribution in [0.25, 0.3) is 0 Å². The zero-order valence-corrected chi connectivity index (χ0v) is 13.9. The van der Waals surface area contributed by atoms with Crippen molar-refractivity contribution in [1.82, 2.24) is 0 Å². The molecule has 0 N–H and O–H groups in total. The first-order valence-electron chi connectivity index (χ1n) is 5.14. The van der Waals surface area contributed by atoms with E-state index >= 15 is 0 Å². The number of halogens is 2. The number of hydrogen-bond donors (Lipinski definition) is 0. The molecule has 0 fully saturated rings. The molecule has 0 atom stereocenters. The van der Waals surface area contributed by atoms with E-state index in [1.165, 1.54) is 31.7 Å². The monoisotopic (exact) mass is 426 g/mol. The van der Waals surface area contributed by atoms with Gasteiger partial charge in [0, 0.05) is 6.61 Å². The highest BCUT2D eigenvalue weighted by molar-refractivity contribution is 14.3. The van der Waals surface area contributed by atoms with Crippen LogP contribution in [0, 0.1) is 0 Å². The maximum absolute atomic E-state index is 5.87. The average Bonchev–Trinajstić information content (AvgIpc) is 2.09. The fourth-order valence-electron chi connectivity index (χ4n) is 1.08. The molecule has 0 aromatic carbocycles. The first kappa shape index (κ1) is 14.6. The minimum absolute atomic E-state index is 0.950. The second-order valence-electron chi connectivity index (χ2n) is 3.30. The third-order valence-electron chi connectivity index (χ3n) is 1.84. The molecule has 0 spiro atoms. The summed E-state index contributed by atoms with van der Waals surface area (Å²) in [5, 5.41) is 0. The van der Waals surface area contributed by atoms with Crippen molar-refractivity contribution in [2.45, 2.75) is 52.0 Å². The lowest BCUT2D eigenvalue weighted by atomic mass is 10.2. The maximum Gasteiger partial charge on any atom is 0.325 e. The van der Waals surface area contributed by atoms with Crippen molar-refractivity contribution >= 4 is 46.9 Å². The predicted octanol–water partition coefficient (Wildman–Crippen LogP) is 4.80. The van der Waals surface area contributed by atoms with E-state index in [2.05, 4.69) is 57.4 Å². The van der Waals surface area contributed by atoms with Crippen LogP contribution >= 0.6 is 43.6 Å². The van der Waals surface area contributed by atoms with E-state index in [-0.39, 0.29) is 0 Å². The topological polar surface area (TPSA) is 9.23 Å². The Hall–Kier alpha value is 1.64. The smallest absolute Gasteiger partial charge is 0.325 e. The molecule has 0 saturated carbocycles. The highest BCUT2D eigenvalue weighted by atomic mass is 127. The maximum atomic E-state index is 5.87. The minimum atomic E-state index is -1.33. The van der Waals surface area contributed by atoms with Gasteiger partial charge in [-0.25, -0.2) is 0 Å². The van der Waals surface area contributed by atoms with Gasteiger partial charge in [0.15, 0.2) is 0 Å². The van der Waals surface area contributed by atoms with Crippen LogP contribution in [0.2, 0.25) is 6.04 Å². The summed E-state index contributed by atoms with van der Waals surface area (Å²) >= 11 is 5.11. The van der Waals surface area contributed by atoms with Gasteiger partial charge in [0.2, 0.25) is 0 Å². The molecule has 0 aliphatic heterocycles. The van der Waals surface area contributed by atoms with E-state index in [1.807, 2.05) is 0 Å². The quantitative estimate of drug-likeness (QED) is 0.235. The highest BCUT2D eigenvalue weighted by Crippen LogP contribution is 2.30. The molecule has 0 heterocycles. The molecule has 0 aliphatic rings. The molecule has 0 amide bonds. The van der Waals surface area contributed by atoms with Gasteiger partial charge in [-0.2, -0.15) is 0 Å². The van der Waals surface area contributed by atoms with Crippen LogP contribution in [0.1, 0.15) is 46.0 Å². The molecular weight excluding hydrogens is 406 g/mol. The summed E-state index contributed by atoms with van der Waals surface area (Å²) in [5.74, 6) is 0. The Bertz CT molecular complexity index is 120. The zero-order valence-electron chi connectivity index (χ0n) is 8.61. The summed E-state index contributed by atoms with van der Waals surface area (Å²) < 4.78 is 4.54. The van der Waals surface area contributed by atoms with E-state index in [9.17, 15) is 0 Å². The van der Waals surface area contributed by atoms with Gasteiger partial charge in [-0.1, -0.05) is 83.1 Å². The lowest BCUT2D eigenvalue weighted by Gasteiger charge is -2.17. The Balaban J connectivity index is 3.39. The van der Waals surface area contributed by atoms with Gasteiger partial charge in [-0.3, -0.25) is 0 Å². The van der Waals surface area contributed by atoms with Gasteiger partial charge >= 0.3 is 3.31 Å². The van der Waals surface area contributed by atoms with Crippen molar-refractivity contribution in [2.75, 3.05) is 6.61 Å². The van der Waals surface area contributed by atoms with Gasteiger partial charge in [-0.05, 0) is 12.5 Å². The highest BCUT2D eigenvalue weighted by Gasteiger charge is 2.26. The van der Waals surface area contributed by atoms with Gasteiger partial charge in [0.1, 0.15) is 0 Å². The van der Waals surface area contributed by atoms with Crippen LogP contribution in [0.5, 0.6) is 0 Å². The van der Waals surface area contributed by atoms with Crippen LogP contribution in [-0.2, 0) is 4.43 Å². The molecule has 80 valence electrons. The summed E-state index contributed by atoms with van der Waals surface area (Å²) in [6.45, 7) is 5.38. The van der Waals surface area contributed by atoms with Crippen molar-refractivity contribution in [3.8, 4) is 0 Å². The zero-order chi connectivity index (χ0) is 10.2. The SMILES string of the molecule is CCCCCC[Si](I)(I)OCCC. The van der Waals surface area contributed by atoms with Gasteiger partial charge in [-0.15, -0.1) is 0 Å². The molecule has 0 unspecified atom stereocenters. The molecule has 0 aromatic heterocycles. The van der Waals surface area contributed by atoms with Gasteiger partial charge in [0.25, 0.3) is 0 Å². The van der Waals surface area contributed by atoms with E-state index in [0.29, 0.717) is 0 Å². The standard InChI is InChI=1S/C9H20I2OSi/c1-3-5-6-7-9-13(10,11)12-8-4-2/h3-9H2,1-2H3. The minimum Gasteiger partial charge on any atom is -0.400 e. The average molecular weight is 426 g/mol. The molecule has 0 bridgehead atoms. The summed E-state index contributed by atoms with van der Waals surface area (Å²) in [6, 6.07) is 1.31. The molecule has 4 heteroatoms. The van der Waals surface area contributed by atoms with Crippen molar-refractivity contribution in [3.63, 3.8) is 0 Å². The molecule has 0 saturated heterocycles. The van der Waals surface area contributed by atoms with Gasteiger partial charge in [0.05, 0.1) is 0 Å². The predicted molar refractivity (Wildman–Crippen MR) is 79.0 cm³/mol. The lowest BCUT2D eigenvalue weighted by molar-refractivity contribution is 0.329. The van der Waals surface area contributed by atoms with Crippen molar-refractivity contribution in [3.05, 3.63) is 0 Å². The van der Waals surface area contributed by atoms with Crippen LogP contribution in [0.15, 0.2) is 0 Å². The van der Waals surface area contributed by atoms with Crippen LogP contribution in [0.4, 0.5) is 0 Å². The Labute approximate surface area is 109 Å². The van der Waals surface area contributed by atoms with Crippen LogP contribution in [-0.4, -0.2) is 9.92 Å². The first-order chi connectivity index (χ1) is 6.12. The Morgan fingerprint density at radius 3 is 2.23 bits per heavy atom. The number of rotatable bonds is 8. The van der Waals surface area contributed by atoms with E-state index in [4.69, 9.17) is 4.43 Å². The lowest BCUT2D eigenvalue weighted by Crippen LogP contribution is -2.22. The van der Waals surface area contributed by atoms with Crippen LogP contribution < -0.4 is 0 Å². The van der Waals surface area contributed by atoms with Crippen molar-refractivity contribution in [1.29, 1.82) is 0 Å². The molecule has 13 heavy (non-hydrogen) atoms. The first-order valence-corrected chi connectivity index (χ1v) is 13.5. The Morgan fingerprint density at radius 2 is 1.69 bits per heavy atom. The third-order valence-corrected chi connectivity index (χ3v) is 8.51. The molecule has 1 nitrogen and oxygen atoms in total. The van der Waals surface area contributed by atoms with Crippen molar-refractivity contribution < 1.29 is 4.43 Å². The third kappa shape index (κ3) is 9.93. The number of hydrogen-bond acceptors (Lipinski definition) is 1. The van der Waals surface area contributed by atoms with E-state index in [1.54, 1.807) is 0 Å². The molecule has 0 aromatic rings. The molecular formula is C9H20I2OSi. The number of unbranched alkanes of at least 4 members (excludes halogenated alkanes) is 3. The van der Waals surface area contributed by atoms with Gasteiger partial charge < -0.3 is 4.43 Å². The Kier molecular flexibility index (Phi) is 10.0. The second kappa shape index (κ2) is 8.91. The van der Waals surface area contributed by atoms with Crippen LogP contribution in [0.3, 0.4) is 0 Å². The molecule has 0 radical (unpaired) electrons.